The summed E-state index contributed by atoms with van der Waals surface area (Å²) in [7, 11) is -4.36. The van der Waals surface area contributed by atoms with Crippen LogP contribution in [0.5, 0.6) is 5.75 Å². The predicted octanol–water partition coefficient (Wildman–Crippen LogP) is 2.58. The van der Waals surface area contributed by atoms with Gasteiger partial charge in [0.25, 0.3) is 5.69 Å². The molecular weight excluding hydrogens is 328 g/mol. The van der Waals surface area contributed by atoms with Gasteiger partial charge < -0.3 is 4.18 Å². The molecule has 10 heteroatoms. The van der Waals surface area contributed by atoms with E-state index in [0.717, 1.165) is 17.7 Å². The number of nitrogens with zero attached hydrogens (tertiary/aromatic N) is 2. The minimum absolute atomic E-state index is 0.219. The molecule has 0 amide bonds. The van der Waals surface area contributed by atoms with Crippen molar-refractivity contribution in [2.24, 2.45) is 0 Å². The van der Waals surface area contributed by atoms with E-state index in [2.05, 4.69) is 0 Å². The van der Waals surface area contributed by atoms with Gasteiger partial charge in [0.15, 0.2) is 0 Å². The van der Waals surface area contributed by atoms with Crippen LogP contribution in [0.25, 0.3) is 0 Å². The van der Waals surface area contributed by atoms with Crippen LogP contribution in [0.1, 0.15) is 5.56 Å². The zero-order valence-electron chi connectivity index (χ0n) is 11.7. The van der Waals surface area contributed by atoms with Crippen molar-refractivity contribution in [3.63, 3.8) is 0 Å². The van der Waals surface area contributed by atoms with Crippen molar-refractivity contribution in [2.75, 3.05) is 0 Å². The zero-order valence-corrected chi connectivity index (χ0v) is 12.5. The van der Waals surface area contributed by atoms with Crippen LogP contribution >= 0.6 is 0 Å². The van der Waals surface area contributed by atoms with E-state index in [9.17, 15) is 28.6 Å². The van der Waals surface area contributed by atoms with Gasteiger partial charge in [0.2, 0.25) is 5.75 Å². The van der Waals surface area contributed by atoms with Crippen molar-refractivity contribution in [3.05, 3.63) is 68.3 Å². The lowest BCUT2D eigenvalue weighted by atomic mass is 10.2. The molecule has 0 atom stereocenters. The first-order chi connectivity index (χ1) is 10.7. The van der Waals surface area contributed by atoms with Crippen LogP contribution in [0.2, 0.25) is 0 Å². The molecule has 9 nitrogen and oxygen atoms in total. The predicted molar refractivity (Wildman–Crippen MR) is 78.7 cm³/mol. The smallest absolute Gasteiger partial charge is 0.339 e. The number of benzene rings is 2. The fraction of sp³-hybridized carbons (Fsp3) is 0.0769. The van der Waals surface area contributed by atoms with E-state index in [1.165, 1.54) is 24.3 Å². The van der Waals surface area contributed by atoms with Gasteiger partial charge in [0.05, 0.1) is 15.9 Å². The van der Waals surface area contributed by atoms with Gasteiger partial charge in [0.1, 0.15) is 4.90 Å². The van der Waals surface area contributed by atoms with Crippen LogP contribution in [-0.4, -0.2) is 18.3 Å². The molecule has 0 aliphatic heterocycles. The third-order valence-electron chi connectivity index (χ3n) is 2.86. The molecule has 120 valence electrons. The molecule has 0 bridgehead atoms. The van der Waals surface area contributed by atoms with Crippen LogP contribution < -0.4 is 4.18 Å². The van der Waals surface area contributed by atoms with Crippen LogP contribution in [0.3, 0.4) is 0 Å². The molecule has 0 radical (unpaired) electrons. The molecule has 0 unspecified atom stereocenters. The first-order valence-corrected chi connectivity index (χ1v) is 7.55. The average Bonchev–Trinajstić information content (AvgIpc) is 2.46. The van der Waals surface area contributed by atoms with E-state index in [-0.39, 0.29) is 4.90 Å². The van der Waals surface area contributed by atoms with Gasteiger partial charge in [-0.25, -0.2) is 0 Å². The summed E-state index contributed by atoms with van der Waals surface area (Å²) >= 11 is 0. The van der Waals surface area contributed by atoms with Crippen molar-refractivity contribution in [1.82, 2.24) is 0 Å². The maximum atomic E-state index is 12.2. The highest BCUT2D eigenvalue weighted by Crippen LogP contribution is 2.33. The Balaban J connectivity index is 2.48. The Kier molecular flexibility index (Phi) is 4.27. The normalized spacial score (nSPS) is 11.0. The number of nitro groups is 2. The summed E-state index contributed by atoms with van der Waals surface area (Å²) in [6.45, 7) is 1.75. The Labute approximate surface area is 130 Å². The number of rotatable bonds is 5. The standard InChI is InChI=1S/C13H10N2O7S/c1-9-2-5-11(6-3-9)23(20,21)22-13-8-10(14(16)17)4-7-12(13)15(18)19/h2-8H,1H3. The van der Waals surface area contributed by atoms with Gasteiger partial charge in [-0.3, -0.25) is 20.2 Å². The number of nitro benzene ring substituents is 2. The molecular formula is C13H10N2O7S. The molecule has 0 saturated heterocycles. The fourth-order valence-corrected chi connectivity index (χ4v) is 2.64. The maximum Gasteiger partial charge on any atom is 0.339 e. The largest absolute Gasteiger partial charge is 0.371 e. The Bertz CT molecular complexity index is 876. The molecule has 0 aromatic heterocycles. The van der Waals surface area contributed by atoms with Crippen molar-refractivity contribution in [2.45, 2.75) is 11.8 Å². The van der Waals surface area contributed by atoms with E-state index in [0.29, 0.717) is 6.07 Å². The van der Waals surface area contributed by atoms with Crippen molar-refractivity contribution >= 4 is 21.5 Å². The molecule has 0 spiro atoms. The first-order valence-electron chi connectivity index (χ1n) is 6.15. The molecule has 23 heavy (non-hydrogen) atoms. The molecule has 0 N–H and O–H groups in total. The van der Waals surface area contributed by atoms with Crippen LogP contribution in [-0.2, 0) is 10.1 Å². The molecule has 0 saturated carbocycles. The average molecular weight is 338 g/mol. The summed E-state index contributed by atoms with van der Waals surface area (Å²) < 4.78 is 29.0. The highest BCUT2D eigenvalue weighted by molar-refractivity contribution is 7.87. The molecule has 2 aromatic carbocycles. The van der Waals surface area contributed by atoms with E-state index >= 15 is 0 Å². The lowest BCUT2D eigenvalue weighted by molar-refractivity contribution is -0.389. The van der Waals surface area contributed by atoms with Gasteiger partial charge >= 0.3 is 15.8 Å². The van der Waals surface area contributed by atoms with Crippen molar-refractivity contribution in [3.8, 4) is 5.75 Å². The minimum atomic E-state index is -4.36. The van der Waals surface area contributed by atoms with Crippen LogP contribution in [0.4, 0.5) is 11.4 Å². The minimum Gasteiger partial charge on any atom is -0.371 e. The van der Waals surface area contributed by atoms with E-state index in [1.807, 2.05) is 0 Å². The van der Waals surface area contributed by atoms with Gasteiger partial charge in [-0.2, -0.15) is 8.42 Å². The van der Waals surface area contributed by atoms with Gasteiger partial charge in [-0.1, -0.05) is 17.7 Å². The summed E-state index contributed by atoms with van der Waals surface area (Å²) in [6, 6.07) is 8.00. The van der Waals surface area contributed by atoms with Crippen molar-refractivity contribution in [1.29, 1.82) is 0 Å². The maximum absolute atomic E-state index is 12.2. The highest BCUT2D eigenvalue weighted by Gasteiger charge is 2.26. The number of non-ortho nitro benzene ring substituents is 1. The fourth-order valence-electron chi connectivity index (χ4n) is 1.71. The second kappa shape index (κ2) is 6.01. The zero-order chi connectivity index (χ0) is 17.2. The lowest BCUT2D eigenvalue weighted by Crippen LogP contribution is -2.11. The van der Waals surface area contributed by atoms with Gasteiger partial charge in [-0.15, -0.1) is 0 Å². The Morgan fingerprint density at radius 2 is 1.57 bits per heavy atom. The Morgan fingerprint density at radius 1 is 0.957 bits per heavy atom. The Hall–Kier alpha value is -3.01. The number of aryl methyl sites for hydroxylation is 1. The second-order valence-electron chi connectivity index (χ2n) is 4.52. The third-order valence-corrected chi connectivity index (χ3v) is 4.11. The van der Waals surface area contributed by atoms with Gasteiger partial charge in [0, 0.05) is 12.1 Å². The summed E-state index contributed by atoms with van der Waals surface area (Å²) in [5.74, 6) is -0.718. The van der Waals surface area contributed by atoms with Crippen LogP contribution in [0.15, 0.2) is 47.4 Å². The summed E-state index contributed by atoms with van der Waals surface area (Å²) in [6.07, 6.45) is 0. The third kappa shape index (κ3) is 3.61. The SMILES string of the molecule is Cc1ccc(S(=O)(=O)Oc2cc([N+](=O)[O-])ccc2[N+](=O)[O-])cc1. The topological polar surface area (TPSA) is 130 Å². The second-order valence-corrected chi connectivity index (χ2v) is 6.06. The van der Waals surface area contributed by atoms with Crippen LogP contribution in [0, 0.1) is 27.2 Å². The molecule has 0 aliphatic rings. The Morgan fingerprint density at radius 3 is 2.09 bits per heavy atom. The van der Waals surface area contributed by atoms with E-state index in [1.54, 1.807) is 6.92 Å². The van der Waals surface area contributed by atoms with Crippen molar-refractivity contribution < 1.29 is 22.4 Å². The van der Waals surface area contributed by atoms with Gasteiger partial charge in [-0.05, 0) is 19.1 Å². The monoisotopic (exact) mass is 338 g/mol. The van der Waals surface area contributed by atoms with E-state index in [4.69, 9.17) is 4.18 Å². The van der Waals surface area contributed by atoms with E-state index < -0.39 is 37.1 Å². The lowest BCUT2D eigenvalue weighted by Gasteiger charge is -2.07. The molecule has 0 fully saturated rings. The molecule has 0 aliphatic carbocycles. The molecule has 2 aromatic rings. The summed E-state index contributed by atoms with van der Waals surface area (Å²) in [5, 5.41) is 21.7. The number of hydrogen-bond donors (Lipinski definition) is 0. The quantitative estimate of drug-likeness (QED) is 0.465. The molecule has 0 heterocycles. The first kappa shape index (κ1) is 16.4. The summed E-state index contributed by atoms with van der Waals surface area (Å²) in [4.78, 5) is 19.8. The summed E-state index contributed by atoms with van der Waals surface area (Å²) in [5.41, 5.74) is -0.402. The highest BCUT2D eigenvalue weighted by atomic mass is 32.2. The number of hydrogen-bond acceptors (Lipinski definition) is 7. The molecule has 2 rings (SSSR count).